The average Bonchev–Trinajstić information content (AvgIpc) is 3.20. The molecule has 33 heavy (non-hydrogen) atoms. The Hall–Kier alpha value is -3.33. The quantitative estimate of drug-likeness (QED) is 0.417. The molecule has 4 aromatic rings. The number of imidazole rings is 1. The molecule has 0 saturated heterocycles. The van der Waals surface area contributed by atoms with Gasteiger partial charge in [-0.25, -0.2) is 9.20 Å². The number of aryl methyl sites for hydroxylation is 1. The van der Waals surface area contributed by atoms with Gasteiger partial charge in [-0.3, -0.25) is 23.3 Å². The Kier molecular flexibility index (Phi) is 6.16. The number of aromatic nitrogens is 5. The van der Waals surface area contributed by atoms with E-state index in [1.807, 2.05) is 0 Å². The predicted octanol–water partition coefficient (Wildman–Crippen LogP) is 2.58. The van der Waals surface area contributed by atoms with Gasteiger partial charge in [-0.1, -0.05) is 49.9 Å². The molecule has 3 heterocycles. The van der Waals surface area contributed by atoms with Gasteiger partial charge in [0.2, 0.25) is 11.7 Å². The predicted molar refractivity (Wildman–Crippen MR) is 128 cm³/mol. The first-order valence-electron chi connectivity index (χ1n) is 10.9. The molecule has 0 aliphatic carbocycles. The molecule has 0 aliphatic heterocycles. The molecule has 0 aliphatic rings. The van der Waals surface area contributed by atoms with Crippen molar-refractivity contribution in [3.63, 3.8) is 0 Å². The van der Waals surface area contributed by atoms with E-state index < -0.39 is 11.2 Å². The summed E-state index contributed by atoms with van der Waals surface area (Å²) in [5.41, 5.74) is -0.324. The molecule has 10 heteroatoms. The highest BCUT2D eigenvalue weighted by molar-refractivity contribution is 6.30. The molecule has 0 atom stereocenters. The van der Waals surface area contributed by atoms with E-state index in [0.717, 1.165) is 35.8 Å². The fourth-order valence-electron chi connectivity index (χ4n) is 4.11. The summed E-state index contributed by atoms with van der Waals surface area (Å²) in [6.07, 6.45) is 4.09. The van der Waals surface area contributed by atoms with Crippen LogP contribution >= 0.6 is 11.6 Å². The van der Waals surface area contributed by atoms with Gasteiger partial charge in [0, 0.05) is 19.1 Å². The van der Waals surface area contributed by atoms with Gasteiger partial charge in [0.05, 0.1) is 12.1 Å². The normalized spacial score (nSPS) is 11.6. The van der Waals surface area contributed by atoms with E-state index in [1.165, 1.54) is 27.6 Å². The lowest BCUT2D eigenvalue weighted by Crippen LogP contribution is -2.37. The summed E-state index contributed by atoms with van der Waals surface area (Å²) in [6, 6.07) is 7.06. The van der Waals surface area contributed by atoms with E-state index in [4.69, 9.17) is 11.6 Å². The second-order valence-corrected chi connectivity index (χ2v) is 8.69. The number of aromatic hydroxyl groups is 1. The molecule has 0 unspecified atom stereocenters. The van der Waals surface area contributed by atoms with Gasteiger partial charge in [0.15, 0.2) is 11.2 Å². The van der Waals surface area contributed by atoms with Crippen LogP contribution in [-0.2, 0) is 27.1 Å². The molecule has 4 rings (SSSR count). The van der Waals surface area contributed by atoms with Crippen LogP contribution in [0.2, 0.25) is 5.02 Å². The number of benzene rings is 1. The van der Waals surface area contributed by atoms with Gasteiger partial charge in [-0.15, -0.1) is 0 Å². The molecule has 0 fully saturated rings. The number of nitrogens with zero attached hydrogens (tertiary/aromatic N) is 5. The summed E-state index contributed by atoms with van der Waals surface area (Å²) < 4.78 is 4.93. The molecule has 0 amide bonds. The monoisotopic (exact) mass is 471 g/mol. The van der Waals surface area contributed by atoms with Crippen molar-refractivity contribution in [3.05, 3.63) is 71.6 Å². The number of fused-ring (bicyclic) bond motifs is 3. The van der Waals surface area contributed by atoms with Crippen LogP contribution < -0.4 is 16.8 Å². The number of hydrogen-bond donors (Lipinski definition) is 1. The average molecular weight is 472 g/mol. The zero-order chi connectivity index (χ0) is 23.9. The maximum atomic E-state index is 13.5. The van der Waals surface area contributed by atoms with Gasteiger partial charge in [-0.05, 0) is 30.5 Å². The largest absolute Gasteiger partial charge is 0.494 e. The highest BCUT2D eigenvalue weighted by atomic mass is 35.5. The highest BCUT2D eigenvalue weighted by Gasteiger charge is 2.24. The number of hydrogen-bond acceptors (Lipinski definition) is 5. The molecule has 0 saturated carbocycles. The first kappa shape index (κ1) is 22.8. The molecule has 0 spiro atoms. The molecule has 9 nitrogen and oxygen atoms in total. The van der Waals surface area contributed by atoms with Crippen molar-refractivity contribution < 1.29 is 5.11 Å². The van der Waals surface area contributed by atoms with E-state index in [0.29, 0.717) is 11.4 Å². The number of halogens is 1. The summed E-state index contributed by atoms with van der Waals surface area (Å²) >= 11 is 6.00. The van der Waals surface area contributed by atoms with Gasteiger partial charge in [0.1, 0.15) is 0 Å². The molecule has 0 bridgehead atoms. The van der Waals surface area contributed by atoms with Crippen molar-refractivity contribution in [1.82, 2.24) is 23.1 Å². The van der Waals surface area contributed by atoms with Crippen molar-refractivity contribution in [3.8, 4) is 5.88 Å². The lowest BCUT2D eigenvalue weighted by molar-refractivity contribution is 0.432. The Morgan fingerprint density at radius 3 is 2.33 bits per heavy atom. The topological polar surface area (TPSA) is 104 Å². The standard InChI is InChI=1S/C23H26ClN5O4/c1-4-5-6-7-8-16-19(30)28(13-14-9-11-15(24)12-10-14)22-25-18-17(29(22)20(16)31)21(32)27(3)23(33)26(18)2/h9-12,31H,4-8,13H2,1-3H3. The Morgan fingerprint density at radius 2 is 1.67 bits per heavy atom. The first-order chi connectivity index (χ1) is 15.8. The Balaban J connectivity index is 2.05. The number of rotatable bonds is 7. The van der Waals surface area contributed by atoms with E-state index in [2.05, 4.69) is 11.9 Å². The highest BCUT2D eigenvalue weighted by Crippen LogP contribution is 2.23. The molecule has 1 aromatic carbocycles. The smallest absolute Gasteiger partial charge is 0.332 e. The van der Waals surface area contributed by atoms with Crippen LogP contribution in [-0.4, -0.2) is 28.2 Å². The third-order valence-electron chi connectivity index (χ3n) is 6.00. The summed E-state index contributed by atoms with van der Waals surface area (Å²) in [7, 11) is 2.87. The van der Waals surface area contributed by atoms with E-state index in [-0.39, 0.29) is 40.5 Å². The van der Waals surface area contributed by atoms with Gasteiger partial charge < -0.3 is 5.11 Å². The Bertz CT molecular complexity index is 1530. The van der Waals surface area contributed by atoms with Crippen molar-refractivity contribution >= 4 is 28.5 Å². The zero-order valence-corrected chi connectivity index (χ0v) is 19.6. The maximum Gasteiger partial charge on any atom is 0.332 e. The minimum atomic E-state index is -0.593. The van der Waals surface area contributed by atoms with Crippen molar-refractivity contribution in [2.24, 2.45) is 14.1 Å². The van der Waals surface area contributed by atoms with Crippen LogP contribution in [0.4, 0.5) is 0 Å². The lowest BCUT2D eigenvalue weighted by Gasteiger charge is -2.13. The SMILES string of the molecule is CCCCCCc1c(O)n2c3c(=O)n(C)c(=O)n(C)c3nc2n(Cc2ccc(Cl)cc2)c1=O. The Morgan fingerprint density at radius 1 is 0.970 bits per heavy atom. The van der Waals surface area contributed by atoms with Crippen LogP contribution in [0, 0.1) is 0 Å². The van der Waals surface area contributed by atoms with Crippen molar-refractivity contribution in [1.29, 1.82) is 0 Å². The summed E-state index contributed by atoms with van der Waals surface area (Å²) in [5, 5.41) is 11.7. The second kappa shape index (κ2) is 8.90. The second-order valence-electron chi connectivity index (χ2n) is 8.26. The van der Waals surface area contributed by atoms with Gasteiger partial charge >= 0.3 is 5.69 Å². The minimum Gasteiger partial charge on any atom is -0.494 e. The van der Waals surface area contributed by atoms with E-state index in [1.54, 1.807) is 24.3 Å². The fourth-order valence-corrected chi connectivity index (χ4v) is 4.24. The van der Waals surface area contributed by atoms with Crippen LogP contribution in [0.3, 0.4) is 0 Å². The van der Waals surface area contributed by atoms with E-state index >= 15 is 0 Å². The van der Waals surface area contributed by atoms with Crippen molar-refractivity contribution in [2.45, 2.75) is 45.6 Å². The van der Waals surface area contributed by atoms with Crippen LogP contribution in [0.25, 0.3) is 16.9 Å². The first-order valence-corrected chi connectivity index (χ1v) is 11.3. The van der Waals surface area contributed by atoms with Crippen molar-refractivity contribution in [2.75, 3.05) is 0 Å². The maximum absolute atomic E-state index is 13.5. The van der Waals surface area contributed by atoms with Crippen LogP contribution in [0.1, 0.15) is 43.7 Å². The molecule has 1 N–H and O–H groups in total. The van der Waals surface area contributed by atoms with E-state index in [9.17, 15) is 19.5 Å². The summed E-state index contributed by atoms with van der Waals surface area (Å²) in [6.45, 7) is 2.26. The summed E-state index contributed by atoms with van der Waals surface area (Å²) in [4.78, 5) is 43.4. The minimum absolute atomic E-state index is 0.0479. The lowest BCUT2D eigenvalue weighted by atomic mass is 10.1. The third-order valence-corrected chi connectivity index (χ3v) is 6.25. The van der Waals surface area contributed by atoms with Gasteiger partial charge in [0.25, 0.3) is 11.1 Å². The fraction of sp³-hybridized carbons (Fsp3) is 0.391. The van der Waals surface area contributed by atoms with Gasteiger partial charge in [-0.2, -0.15) is 4.98 Å². The summed E-state index contributed by atoms with van der Waals surface area (Å²) in [5.74, 6) is -0.213. The number of unbranched alkanes of at least 4 members (excludes halogenated alkanes) is 3. The third kappa shape index (κ3) is 3.86. The zero-order valence-electron chi connectivity index (χ0n) is 18.8. The van der Waals surface area contributed by atoms with Crippen LogP contribution in [0.5, 0.6) is 5.88 Å². The molecular formula is C23H26ClN5O4. The molecule has 174 valence electrons. The Labute approximate surface area is 194 Å². The van der Waals surface area contributed by atoms with Crippen LogP contribution in [0.15, 0.2) is 38.6 Å². The molecule has 0 radical (unpaired) electrons. The molecule has 3 aromatic heterocycles. The molecular weight excluding hydrogens is 446 g/mol.